The molecular weight excluding hydrogens is 356 g/mol. The molecule has 6 heteroatoms. The first kappa shape index (κ1) is 16.2. The third-order valence-corrected chi connectivity index (χ3v) is 5.13. The van der Waals surface area contributed by atoms with Crippen molar-refractivity contribution in [1.82, 2.24) is 9.78 Å². The van der Waals surface area contributed by atoms with Crippen LogP contribution >= 0.6 is 23.4 Å². The Kier molecular flexibility index (Phi) is 4.27. The van der Waals surface area contributed by atoms with E-state index < -0.39 is 0 Å². The highest BCUT2D eigenvalue weighted by molar-refractivity contribution is 7.98. The van der Waals surface area contributed by atoms with Gasteiger partial charge >= 0.3 is 0 Å². The molecule has 2 aromatic carbocycles. The Labute approximate surface area is 153 Å². The number of rotatable bonds is 4. The molecule has 0 aliphatic carbocycles. The quantitative estimate of drug-likeness (QED) is 0.507. The minimum Gasteiger partial charge on any atom is -0.459 e. The number of aromatic nitrogens is 2. The first-order valence-corrected chi connectivity index (χ1v) is 9.49. The van der Waals surface area contributed by atoms with Gasteiger partial charge in [0, 0.05) is 10.4 Å². The molecular formula is C19H15ClN2O2S. The van der Waals surface area contributed by atoms with Crippen molar-refractivity contribution in [3.05, 3.63) is 69.7 Å². The largest absolute Gasteiger partial charge is 0.459 e. The lowest BCUT2D eigenvalue weighted by atomic mass is 10.1. The monoisotopic (exact) mass is 370 g/mol. The van der Waals surface area contributed by atoms with Crippen molar-refractivity contribution >= 4 is 34.3 Å². The smallest absolute Gasteiger partial charge is 0.284 e. The minimum absolute atomic E-state index is 0.168. The summed E-state index contributed by atoms with van der Waals surface area (Å²) in [5, 5.41) is 6.06. The molecule has 0 N–H and O–H groups in total. The lowest BCUT2D eigenvalue weighted by Crippen LogP contribution is -2.15. The van der Waals surface area contributed by atoms with Crippen LogP contribution in [0.2, 0.25) is 5.02 Å². The molecule has 25 heavy (non-hydrogen) atoms. The van der Waals surface area contributed by atoms with E-state index in [9.17, 15) is 4.79 Å². The minimum atomic E-state index is -0.168. The van der Waals surface area contributed by atoms with Gasteiger partial charge in [-0.15, -0.1) is 0 Å². The first-order chi connectivity index (χ1) is 12.2. The van der Waals surface area contributed by atoms with Gasteiger partial charge in [-0.25, -0.2) is 0 Å². The maximum absolute atomic E-state index is 13.0. The molecule has 0 fully saturated rings. The summed E-state index contributed by atoms with van der Waals surface area (Å²) < 4.78 is 7.45. The highest BCUT2D eigenvalue weighted by atomic mass is 35.5. The van der Waals surface area contributed by atoms with Crippen LogP contribution < -0.4 is 5.56 Å². The van der Waals surface area contributed by atoms with Gasteiger partial charge in [-0.1, -0.05) is 30.7 Å². The zero-order valence-corrected chi connectivity index (χ0v) is 15.1. The Hall–Kier alpha value is -2.24. The van der Waals surface area contributed by atoms with E-state index >= 15 is 0 Å². The summed E-state index contributed by atoms with van der Waals surface area (Å²) in [4.78, 5) is 13.0. The average Bonchev–Trinajstić information content (AvgIpc) is 2.98. The van der Waals surface area contributed by atoms with Crippen molar-refractivity contribution < 1.29 is 4.42 Å². The fraction of sp³-hybridized carbons (Fsp3) is 0.158. The normalized spacial score (nSPS) is 11.4. The van der Waals surface area contributed by atoms with Crippen molar-refractivity contribution in [2.45, 2.75) is 12.7 Å². The molecule has 0 unspecified atom stereocenters. The van der Waals surface area contributed by atoms with Crippen molar-refractivity contribution in [2.75, 3.05) is 5.75 Å². The van der Waals surface area contributed by atoms with Crippen LogP contribution in [0.3, 0.4) is 0 Å². The maximum atomic E-state index is 13.0. The third kappa shape index (κ3) is 2.83. The highest BCUT2D eigenvalue weighted by Gasteiger charge is 2.24. The predicted molar refractivity (Wildman–Crippen MR) is 103 cm³/mol. The van der Waals surface area contributed by atoms with Crippen LogP contribution in [0.5, 0.6) is 0 Å². The summed E-state index contributed by atoms with van der Waals surface area (Å²) in [5.74, 6) is 2.26. The molecule has 0 aromatic heterocycles. The van der Waals surface area contributed by atoms with Gasteiger partial charge in [0.25, 0.3) is 5.56 Å². The van der Waals surface area contributed by atoms with E-state index in [0.29, 0.717) is 33.5 Å². The van der Waals surface area contributed by atoms with Crippen molar-refractivity contribution in [3.8, 4) is 16.9 Å². The maximum Gasteiger partial charge on any atom is 0.284 e. The second kappa shape index (κ2) is 6.58. The molecule has 2 heterocycles. The molecule has 0 saturated heterocycles. The lowest BCUT2D eigenvalue weighted by Gasteiger charge is -2.07. The van der Waals surface area contributed by atoms with E-state index in [1.165, 1.54) is 4.68 Å². The zero-order valence-electron chi connectivity index (χ0n) is 13.5. The van der Waals surface area contributed by atoms with Crippen molar-refractivity contribution in [1.29, 1.82) is 0 Å². The average molecular weight is 371 g/mol. The van der Waals surface area contributed by atoms with E-state index in [-0.39, 0.29) is 5.56 Å². The van der Waals surface area contributed by atoms with Crippen LogP contribution in [0.4, 0.5) is 0 Å². The van der Waals surface area contributed by atoms with Crippen LogP contribution in [0, 0.1) is 0 Å². The van der Waals surface area contributed by atoms with Gasteiger partial charge in [-0.2, -0.15) is 21.5 Å². The number of fused-ring (bicyclic) bond motifs is 3. The second-order valence-corrected chi connectivity index (χ2v) is 7.29. The van der Waals surface area contributed by atoms with Gasteiger partial charge < -0.3 is 4.42 Å². The van der Waals surface area contributed by atoms with Crippen LogP contribution in [-0.2, 0) is 5.75 Å². The second-order valence-electron chi connectivity index (χ2n) is 5.58. The Balaban J connectivity index is 2.02. The van der Waals surface area contributed by atoms with Gasteiger partial charge in [0.2, 0.25) is 0 Å². The molecule has 4 nitrogen and oxygen atoms in total. The number of hydrogen-bond donors (Lipinski definition) is 0. The number of nitrogens with zero attached hydrogens (tertiary/aromatic N) is 2. The fourth-order valence-electron chi connectivity index (χ4n) is 2.83. The molecule has 4 rings (SSSR count). The molecule has 0 bridgehead atoms. The SMILES string of the molecule is CCSCc1oc2ccccc2c2nn(-c3ccc(Cl)cc3)c(=O)c1-2. The lowest BCUT2D eigenvalue weighted by molar-refractivity contribution is 0.563. The highest BCUT2D eigenvalue weighted by Crippen LogP contribution is 2.33. The third-order valence-electron chi connectivity index (χ3n) is 4.01. The van der Waals surface area contributed by atoms with Crippen molar-refractivity contribution in [2.24, 2.45) is 0 Å². The molecule has 0 spiro atoms. The van der Waals surface area contributed by atoms with E-state index in [2.05, 4.69) is 12.0 Å². The van der Waals surface area contributed by atoms with E-state index in [1.807, 2.05) is 24.3 Å². The molecule has 0 amide bonds. The van der Waals surface area contributed by atoms with Crippen LogP contribution in [0.25, 0.3) is 27.9 Å². The van der Waals surface area contributed by atoms with Gasteiger partial charge in [0.1, 0.15) is 22.6 Å². The van der Waals surface area contributed by atoms with Gasteiger partial charge in [-0.05, 0) is 42.2 Å². The zero-order chi connectivity index (χ0) is 17.4. The molecule has 0 radical (unpaired) electrons. The summed E-state index contributed by atoms with van der Waals surface area (Å²) >= 11 is 7.67. The van der Waals surface area contributed by atoms with E-state index in [0.717, 1.165) is 16.7 Å². The van der Waals surface area contributed by atoms with Gasteiger partial charge in [-0.3, -0.25) is 4.79 Å². The summed E-state index contributed by atoms with van der Waals surface area (Å²) in [7, 11) is 0. The summed E-state index contributed by atoms with van der Waals surface area (Å²) in [5.41, 5.74) is 2.48. The molecule has 0 atom stereocenters. The Morgan fingerprint density at radius 2 is 1.92 bits per heavy atom. The predicted octanol–water partition coefficient (Wildman–Crippen LogP) is 4.99. The Morgan fingerprint density at radius 1 is 1.16 bits per heavy atom. The van der Waals surface area contributed by atoms with Crippen LogP contribution in [-0.4, -0.2) is 15.5 Å². The summed E-state index contributed by atoms with van der Waals surface area (Å²) in [6, 6.07) is 14.7. The summed E-state index contributed by atoms with van der Waals surface area (Å²) in [6.07, 6.45) is 0. The fourth-order valence-corrected chi connectivity index (χ4v) is 3.55. The standard InChI is InChI=1S/C19H15ClN2O2S/c1-2-25-11-16-17-18(14-5-3-4-6-15(14)24-16)21-22(19(17)23)13-9-7-12(20)8-10-13/h3-10H,2,11H2,1H3. The van der Waals surface area contributed by atoms with E-state index in [4.69, 9.17) is 16.0 Å². The molecule has 0 saturated carbocycles. The van der Waals surface area contributed by atoms with Crippen molar-refractivity contribution in [3.63, 3.8) is 0 Å². The Morgan fingerprint density at radius 3 is 2.68 bits per heavy atom. The molecule has 2 aromatic rings. The Bertz CT molecular complexity index is 1070. The topological polar surface area (TPSA) is 48.0 Å². The van der Waals surface area contributed by atoms with Crippen LogP contribution in [0.15, 0.2) is 57.7 Å². The number of thioether (sulfide) groups is 1. The number of benzene rings is 2. The number of halogens is 1. The molecule has 126 valence electrons. The molecule has 2 aliphatic heterocycles. The van der Waals surface area contributed by atoms with Gasteiger partial charge in [0.15, 0.2) is 0 Å². The van der Waals surface area contributed by atoms with Gasteiger partial charge in [0.05, 0.1) is 11.4 Å². The number of hydrogen-bond acceptors (Lipinski definition) is 4. The first-order valence-electron chi connectivity index (χ1n) is 7.96. The summed E-state index contributed by atoms with van der Waals surface area (Å²) in [6.45, 7) is 2.08. The molecule has 2 aliphatic rings. The number of para-hydroxylation sites is 1. The van der Waals surface area contributed by atoms with Crippen LogP contribution in [0.1, 0.15) is 12.7 Å². The van der Waals surface area contributed by atoms with E-state index in [1.54, 1.807) is 36.0 Å².